The smallest absolute Gasteiger partial charge is 0.410 e. The number of rotatable bonds is 4. The lowest BCUT2D eigenvalue weighted by atomic mass is 9.76. The van der Waals surface area contributed by atoms with Crippen LogP contribution in [0.4, 0.5) is 4.79 Å². The Labute approximate surface area is 107 Å². The van der Waals surface area contributed by atoms with E-state index in [4.69, 9.17) is 4.74 Å². The van der Waals surface area contributed by atoms with Gasteiger partial charge in [-0.1, -0.05) is 30.3 Å². The molecule has 0 saturated heterocycles. The van der Waals surface area contributed by atoms with Crippen LogP contribution in [0.3, 0.4) is 0 Å². The van der Waals surface area contributed by atoms with Crippen LogP contribution >= 0.6 is 0 Å². The van der Waals surface area contributed by atoms with Crippen molar-refractivity contribution in [3.8, 4) is 0 Å². The van der Waals surface area contributed by atoms with Crippen LogP contribution in [-0.2, 0) is 11.3 Å². The molecule has 2 rings (SSSR count). The second-order valence-electron chi connectivity index (χ2n) is 4.84. The highest BCUT2D eigenvalue weighted by Gasteiger charge is 2.43. The van der Waals surface area contributed by atoms with Crippen molar-refractivity contribution in [2.45, 2.75) is 31.4 Å². The number of aliphatic hydroxyl groups is 1. The number of likely N-dealkylation sites (N-methyl/N-ethyl adjacent to an activating group) is 1. The number of carbonyl (C=O) groups excluding carboxylic acids is 1. The van der Waals surface area contributed by atoms with E-state index in [2.05, 4.69) is 0 Å². The molecular formula is C14H19NO3. The Kier molecular flexibility index (Phi) is 3.87. The van der Waals surface area contributed by atoms with E-state index < -0.39 is 5.54 Å². The molecule has 18 heavy (non-hydrogen) atoms. The Balaban J connectivity index is 1.88. The molecule has 1 N–H and O–H groups in total. The van der Waals surface area contributed by atoms with Gasteiger partial charge in [-0.15, -0.1) is 0 Å². The number of carbonyl (C=O) groups is 1. The molecule has 98 valence electrons. The van der Waals surface area contributed by atoms with Crippen molar-refractivity contribution in [1.82, 2.24) is 4.90 Å². The van der Waals surface area contributed by atoms with Gasteiger partial charge < -0.3 is 14.7 Å². The maximum atomic E-state index is 11.9. The van der Waals surface area contributed by atoms with E-state index in [9.17, 15) is 9.90 Å². The van der Waals surface area contributed by atoms with E-state index in [1.54, 1.807) is 11.9 Å². The molecule has 0 aromatic heterocycles. The molecule has 1 fully saturated rings. The Morgan fingerprint density at radius 1 is 1.39 bits per heavy atom. The van der Waals surface area contributed by atoms with Crippen molar-refractivity contribution in [3.63, 3.8) is 0 Å². The monoisotopic (exact) mass is 249 g/mol. The van der Waals surface area contributed by atoms with Gasteiger partial charge in [-0.2, -0.15) is 0 Å². The maximum absolute atomic E-state index is 11.9. The van der Waals surface area contributed by atoms with Gasteiger partial charge in [0, 0.05) is 7.05 Å². The van der Waals surface area contributed by atoms with Gasteiger partial charge in [-0.05, 0) is 24.8 Å². The van der Waals surface area contributed by atoms with E-state index in [1.165, 1.54) is 0 Å². The van der Waals surface area contributed by atoms with E-state index in [-0.39, 0.29) is 19.3 Å². The molecule has 4 nitrogen and oxygen atoms in total. The summed E-state index contributed by atoms with van der Waals surface area (Å²) in [7, 11) is 1.70. The highest BCUT2D eigenvalue weighted by Crippen LogP contribution is 2.36. The summed E-state index contributed by atoms with van der Waals surface area (Å²) >= 11 is 0. The summed E-state index contributed by atoms with van der Waals surface area (Å²) in [5.41, 5.74) is 0.569. The van der Waals surface area contributed by atoms with Crippen LogP contribution in [0.15, 0.2) is 30.3 Å². The summed E-state index contributed by atoms with van der Waals surface area (Å²) in [6.07, 6.45) is 2.38. The highest BCUT2D eigenvalue weighted by molar-refractivity contribution is 5.68. The fraction of sp³-hybridized carbons (Fsp3) is 0.500. The molecule has 1 aromatic rings. The Bertz CT molecular complexity index is 395. The van der Waals surface area contributed by atoms with Crippen LogP contribution < -0.4 is 0 Å². The van der Waals surface area contributed by atoms with Gasteiger partial charge in [0.1, 0.15) is 6.61 Å². The SMILES string of the molecule is CN(C(=O)OCc1ccccc1)C1(CO)CCC1. The number of ether oxygens (including phenoxy) is 1. The third-order valence-corrected chi connectivity index (χ3v) is 3.77. The number of amides is 1. The first-order valence-electron chi connectivity index (χ1n) is 6.23. The minimum atomic E-state index is -0.395. The van der Waals surface area contributed by atoms with Gasteiger partial charge in [-0.3, -0.25) is 0 Å². The standard InChI is InChI=1S/C14H19NO3/c1-15(14(11-16)8-5-9-14)13(17)18-10-12-6-3-2-4-7-12/h2-4,6-7,16H,5,8-11H2,1H3. The molecule has 0 spiro atoms. The number of hydrogen-bond acceptors (Lipinski definition) is 3. The van der Waals surface area contributed by atoms with E-state index in [1.807, 2.05) is 30.3 Å². The van der Waals surface area contributed by atoms with Crippen LogP contribution in [0.25, 0.3) is 0 Å². The number of benzene rings is 1. The number of nitrogens with zero attached hydrogens (tertiary/aromatic N) is 1. The van der Waals surface area contributed by atoms with Crippen molar-refractivity contribution < 1.29 is 14.6 Å². The lowest BCUT2D eigenvalue weighted by Gasteiger charge is -2.46. The fourth-order valence-corrected chi connectivity index (χ4v) is 2.19. The average molecular weight is 249 g/mol. The van der Waals surface area contributed by atoms with Crippen molar-refractivity contribution in [1.29, 1.82) is 0 Å². The zero-order valence-corrected chi connectivity index (χ0v) is 10.6. The summed E-state index contributed by atoms with van der Waals surface area (Å²) in [6, 6.07) is 9.57. The molecule has 0 unspecified atom stereocenters. The number of hydrogen-bond donors (Lipinski definition) is 1. The van der Waals surface area contributed by atoms with Crippen molar-refractivity contribution in [3.05, 3.63) is 35.9 Å². The van der Waals surface area contributed by atoms with Crippen LogP contribution in [0.5, 0.6) is 0 Å². The Morgan fingerprint density at radius 2 is 2.06 bits per heavy atom. The predicted octanol–water partition coefficient (Wildman–Crippen LogP) is 2.17. The van der Waals surface area contributed by atoms with Crippen molar-refractivity contribution >= 4 is 6.09 Å². The molecule has 0 bridgehead atoms. The summed E-state index contributed by atoms with van der Waals surface area (Å²) in [4.78, 5) is 13.4. The van der Waals surface area contributed by atoms with Gasteiger partial charge >= 0.3 is 6.09 Å². The third kappa shape index (κ3) is 2.48. The molecule has 1 aliphatic rings. The molecule has 0 atom stereocenters. The molecule has 1 aliphatic carbocycles. The lowest BCUT2D eigenvalue weighted by Crippen LogP contribution is -2.56. The first kappa shape index (κ1) is 12.9. The summed E-state index contributed by atoms with van der Waals surface area (Å²) in [5.74, 6) is 0. The van der Waals surface area contributed by atoms with Gasteiger partial charge in [-0.25, -0.2) is 4.79 Å². The van der Waals surface area contributed by atoms with Gasteiger partial charge in [0.05, 0.1) is 12.1 Å². The zero-order valence-electron chi connectivity index (χ0n) is 10.6. The van der Waals surface area contributed by atoms with Gasteiger partial charge in [0.15, 0.2) is 0 Å². The average Bonchev–Trinajstić information content (AvgIpc) is 2.36. The maximum Gasteiger partial charge on any atom is 0.410 e. The Hall–Kier alpha value is -1.55. The first-order chi connectivity index (χ1) is 8.68. The second-order valence-corrected chi connectivity index (χ2v) is 4.84. The molecule has 1 aromatic carbocycles. The summed E-state index contributed by atoms with van der Waals surface area (Å²) in [6.45, 7) is 0.273. The van der Waals surface area contributed by atoms with Crippen LogP contribution in [-0.4, -0.2) is 35.3 Å². The molecule has 1 saturated carbocycles. The number of aliphatic hydroxyl groups excluding tert-OH is 1. The fourth-order valence-electron chi connectivity index (χ4n) is 2.19. The molecular weight excluding hydrogens is 230 g/mol. The van der Waals surface area contributed by atoms with Gasteiger partial charge in [0.25, 0.3) is 0 Å². The summed E-state index contributed by atoms with van der Waals surface area (Å²) in [5, 5.41) is 9.39. The van der Waals surface area contributed by atoms with Crippen LogP contribution in [0.2, 0.25) is 0 Å². The van der Waals surface area contributed by atoms with Crippen molar-refractivity contribution in [2.75, 3.05) is 13.7 Å². The molecule has 0 aliphatic heterocycles. The third-order valence-electron chi connectivity index (χ3n) is 3.77. The summed E-state index contributed by atoms with van der Waals surface area (Å²) < 4.78 is 5.25. The molecule has 0 heterocycles. The molecule has 0 radical (unpaired) electrons. The van der Waals surface area contributed by atoms with E-state index in [0.29, 0.717) is 0 Å². The minimum absolute atomic E-state index is 0.00391. The Morgan fingerprint density at radius 3 is 2.56 bits per heavy atom. The normalized spacial score (nSPS) is 16.8. The molecule has 4 heteroatoms. The second kappa shape index (κ2) is 5.40. The predicted molar refractivity (Wildman–Crippen MR) is 68.1 cm³/mol. The van der Waals surface area contributed by atoms with E-state index >= 15 is 0 Å². The van der Waals surface area contributed by atoms with Crippen LogP contribution in [0.1, 0.15) is 24.8 Å². The zero-order chi connectivity index (χ0) is 13.0. The molecule has 1 amide bonds. The van der Waals surface area contributed by atoms with Gasteiger partial charge in [0.2, 0.25) is 0 Å². The topological polar surface area (TPSA) is 49.8 Å². The van der Waals surface area contributed by atoms with E-state index in [0.717, 1.165) is 24.8 Å². The van der Waals surface area contributed by atoms with Crippen molar-refractivity contribution in [2.24, 2.45) is 0 Å². The highest BCUT2D eigenvalue weighted by atomic mass is 16.6. The largest absolute Gasteiger partial charge is 0.445 e. The lowest BCUT2D eigenvalue weighted by molar-refractivity contribution is -0.0152. The minimum Gasteiger partial charge on any atom is -0.445 e. The van der Waals surface area contributed by atoms with Crippen LogP contribution in [0, 0.1) is 0 Å². The first-order valence-corrected chi connectivity index (χ1v) is 6.23. The quantitative estimate of drug-likeness (QED) is 0.889.